The highest BCUT2D eigenvalue weighted by Gasteiger charge is 2.13. The Balaban J connectivity index is 2.07. The average molecular weight is 280 g/mol. The maximum Gasteiger partial charge on any atom is 0.271 e. The van der Waals surface area contributed by atoms with Crippen molar-refractivity contribution in [1.29, 1.82) is 0 Å². The highest BCUT2D eigenvalue weighted by molar-refractivity contribution is 6.33. The molecule has 7 heteroatoms. The first kappa shape index (κ1) is 13.4. The van der Waals surface area contributed by atoms with Gasteiger partial charge in [0.15, 0.2) is 0 Å². The standard InChI is InChI=1S/C12H14ClN5O/c1-14-10-4-3-9(13)11(17-10)12(19)15-5-8-6-16-18(2)7-8/h3-4,6-7H,5H2,1-2H3,(H,14,17)(H,15,19). The zero-order valence-electron chi connectivity index (χ0n) is 10.6. The van der Waals surface area contributed by atoms with Crippen molar-refractivity contribution in [1.82, 2.24) is 20.1 Å². The van der Waals surface area contributed by atoms with Gasteiger partial charge in [0, 0.05) is 32.4 Å². The summed E-state index contributed by atoms with van der Waals surface area (Å²) in [4.78, 5) is 16.1. The fourth-order valence-corrected chi connectivity index (χ4v) is 1.76. The summed E-state index contributed by atoms with van der Waals surface area (Å²) >= 11 is 5.97. The first-order valence-electron chi connectivity index (χ1n) is 5.70. The minimum absolute atomic E-state index is 0.206. The molecule has 2 aromatic heterocycles. The lowest BCUT2D eigenvalue weighted by Gasteiger charge is -2.06. The fourth-order valence-electron chi connectivity index (χ4n) is 1.57. The summed E-state index contributed by atoms with van der Waals surface area (Å²) in [5.41, 5.74) is 1.12. The summed E-state index contributed by atoms with van der Waals surface area (Å²) < 4.78 is 1.67. The van der Waals surface area contributed by atoms with E-state index in [1.54, 1.807) is 30.1 Å². The number of anilines is 1. The van der Waals surface area contributed by atoms with E-state index >= 15 is 0 Å². The normalized spacial score (nSPS) is 10.3. The van der Waals surface area contributed by atoms with Gasteiger partial charge in [0.2, 0.25) is 0 Å². The molecule has 0 aromatic carbocycles. The van der Waals surface area contributed by atoms with Crippen molar-refractivity contribution in [2.24, 2.45) is 7.05 Å². The molecule has 0 saturated heterocycles. The zero-order valence-corrected chi connectivity index (χ0v) is 11.4. The zero-order chi connectivity index (χ0) is 13.8. The van der Waals surface area contributed by atoms with Crippen LogP contribution in [0, 0.1) is 0 Å². The number of aromatic nitrogens is 3. The van der Waals surface area contributed by atoms with E-state index in [2.05, 4.69) is 20.7 Å². The molecule has 0 aliphatic carbocycles. The Bertz CT molecular complexity index is 596. The van der Waals surface area contributed by atoms with E-state index < -0.39 is 0 Å². The summed E-state index contributed by atoms with van der Waals surface area (Å²) in [5.74, 6) is 0.280. The number of nitrogens with zero attached hydrogens (tertiary/aromatic N) is 3. The first-order valence-corrected chi connectivity index (χ1v) is 6.08. The molecule has 2 aromatic rings. The van der Waals surface area contributed by atoms with Crippen LogP contribution in [0.2, 0.25) is 5.02 Å². The molecule has 2 rings (SSSR count). The van der Waals surface area contributed by atoms with Crippen LogP contribution in [-0.2, 0) is 13.6 Å². The quantitative estimate of drug-likeness (QED) is 0.888. The lowest BCUT2D eigenvalue weighted by Crippen LogP contribution is -2.24. The van der Waals surface area contributed by atoms with Crippen molar-refractivity contribution in [3.05, 3.63) is 40.8 Å². The first-order chi connectivity index (χ1) is 9.10. The fraction of sp³-hybridized carbons (Fsp3) is 0.250. The average Bonchev–Trinajstić information content (AvgIpc) is 2.82. The molecule has 0 aliphatic rings. The second kappa shape index (κ2) is 5.71. The van der Waals surface area contributed by atoms with E-state index in [1.807, 2.05) is 13.2 Å². The number of carbonyl (C=O) groups excluding carboxylic acids is 1. The van der Waals surface area contributed by atoms with Crippen LogP contribution in [0.3, 0.4) is 0 Å². The maximum absolute atomic E-state index is 12.0. The summed E-state index contributed by atoms with van der Waals surface area (Å²) in [6.07, 6.45) is 3.53. The van der Waals surface area contributed by atoms with Gasteiger partial charge in [-0.3, -0.25) is 9.48 Å². The Labute approximate surface area is 115 Å². The molecule has 19 heavy (non-hydrogen) atoms. The van der Waals surface area contributed by atoms with Crippen LogP contribution in [0.25, 0.3) is 0 Å². The third kappa shape index (κ3) is 3.23. The second-order valence-corrected chi connectivity index (χ2v) is 4.39. The van der Waals surface area contributed by atoms with Gasteiger partial charge in [-0.25, -0.2) is 4.98 Å². The van der Waals surface area contributed by atoms with Crippen LogP contribution in [0.5, 0.6) is 0 Å². The number of hydrogen-bond acceptors (Lipinski definition) is 4. The molecule has 6 nitrogen and oxygen atoms in total. The number of amides is 1. The van der Waals surface area contributed by atoms with Gasteiger partial charge in [-0.2, -0.15) is 5.10 Å². The highest BCUT2D eigenvalue weighted by atomic mass is 35.5. The lowest BCUT2D eigenvalue weighted by molar-refractivity contribution is 0.0946. The van der Waals surface area contributed by atoms with Crippen molar-refractivity contribution in [3.63, 3.8) is 0 Å². The molecule has 0 fully saturated rings. The highest BCUT2D eigenvalue weighted by Crippen LogP contribution is 2.16. The van der Waals surface area contributed by atoms with Crippen LogP contribution in [0.4, 0.5) is 5.82 Å². The minimum Gasteiger partial charge on any atom is -0.373 e. The molecular formula is C12H14ClN5O. The number of carbonyl (C=O) groups is 1. The smallest absolute Gasteiger partial charge is 0.271 e. The third-order valence-electron chi connectivity index (χ3n) is 2.53. The molecule has 0 atom stereocenters. The van der Waals surface area contributed by atoms with E-state index in [-0.39, 0.29) is 11.6 Å². The van der Waals surface area contributed by atoms with Crippen molar-refractivity contribution in [2.75, 3.05) is 12.4 Å². The molecule has 0 spiro atoms. The maximum atomic E-state index is 12.0. The van der Waals surface area contributed by atoms with E-state index in [4.69, 9.17) is 11.6 Å². The minimum atomic E-state index is -0.314. The van der Waals surface area contributed by atoms with Gasteiger partial charge in [-0.1, -0.05) is 11.6 Å². The van der Waals surface area contributed by atoms with Gasteiger partial charge >= 0.3 is 0 Å². The Morgan fingerprint density at radius 2 is 2.26 bits per heavy atom. The topological polar surface area (TPSA) is 71.8 Å². The van der Waals surface area contributed by atoms with E-state index in [9.17, 15) is 4.79 Å². The molecule has 0 bridgehead atoms. The van der Waals surface area contributed by atoms with E-state index in [1.165, 1.54) is 0 Å². The largest absolute Gasteiger partial charge is 0.373 e. The van der Waals surface area contributed by atoms with Crippen molar-refractivity contribution in [2.45, 2.75) is 6.54 Å². The molecule has 2 heterocycles. The molecule has 1 amide bonds. The van der Waals surface area contributed by atoms with Gasteiger partial charge in [0.25, 0.3) is 5.91 Å². The Morgan fingerprint density at radius 1 is 1.47 bits per heavy atom. The third-order valence-corrected chi connectivity index (χ3v) is 2.83. The van der Waals surface area contributed by atoms with E-state index in [0.29, 0.717) is 17.4 Å². The summed E-state index contributed by atoms with van der Waals surface area (Å²) in [7, 11) is 3.55. The summed E-state index contributed by atoms with van der Waals surface area (Å²) in [6, 6.07) is 3.35. The van der Waals surface area contributed by atoms with Gasteiger partial charge < -0.3 is 10.6 Å². The number of aryl methyl sites for hydroxylation is 1. The van der Waals surface area contributed by atoms with Gasteiger partial charge in [0.05, 0.1) is 11.2 Å². The molecular weight excluding hydrogens is 266 g/mol. The molecule has 0 saturated carbocycles. The monoisotopic (exact) mass is 279 g/mol. The summed E-state index contributed by atoms with van der Waals surface area (Å²) in [5, 5.41) is 9.97. The molecule has 100 valence electrons. The number of pyridine rings is 1. The van der Waals surface area contributed by atoms with Crippen molar-refractivity contribution >= 4 is 23.3 Å². The SMILES string of the molecule is CNc1ccc(Cl)c(C(=O)NCc2cnn(C)c2)n1. The lowest BCUT2D eigenvalue weighted by atomic mass is 10.3. The van der Waals surface area contributed by atoms with Crippen LogP contribution < -0.4 is 10.6 Å². The molecule has 2 N–H and O–H groups in total. The number of nitrogens with one attached hydrogen (secondary N) is 2. The second-order valence-electron chi connectivity index (χ2n) is 3.98. The Morgan fingerprint density at radius 3 is 2.89 bits per heavy atom. The van der Waals surface area contributed by atoms with Crippen LogP contribution in [-0.4, -0.2) is 27.7 Å². The van der Waals surface area contributed by atoms with Crippen LogP contribution in [0.15, 0.2) is 24.5 Å². The van der Waals surface area contributed by atoms with Crippen LogP contribution in [0.1, 0.15) is 16.1 Å². The Kier molecular flexibility index (Phi) is 4.01. The predicted molar refractivity (Wildman–Crippen MR) is 73.2 cm³/mol. The molecule has 0 unspecified atom stereocenters. The van der Waals surface area contributed by atoms with Crippen LogP contribution >= 0.6 is 11.6 Å². The van der Waals surface area contributed by atoms with E-state index in [0.717, 1.165) is 5.56 Å². The van der Waals surface area contributed by atoms with Gasteiger partial charge in [-0.15, -0.1) is 0 Å². The van der Waals surface area contributed by atoms with Gasteiger partial charge in [-0.05, 0) is 12.1 Å². The van der Waals surface area contributed by atoms with Gasteiger partial charge in [0.1, 0.15) is 11.5 Å². The van der Waals surface area contributed by atoms with Crippen molar-refractivity contribution in [3.8, 4) is 0 Å². The molecule has 0 radical (unpaired) electrons. The summed E-state index contributed by atoms with van der Waals surface area (Å²) in [6.45, 7) is 0.383. The number of hydrogen-bond donors (Lipinski definition) is 2. The Hall–Kier alpha value is -2.08. The number of rotatable bonds is 4. The molecule has 0 aliphatic heterocycles. The predicted octanol–water partition coefficient (Wildman–Crippen LogP) is 1.44. The van der Waals surface area contributed by atoms with Crippen molar-refractivity contribution < 1.29 is 4.79 Å². The number of halogens is 1.